The van der Waals surface area contributed by atoms with Crippen molar-refractivity contribution in [3.8, 4) is 0 Å². The van der Waals surface area contributed by atoms with Crippen LogP contribution in [0.1, 0.15) is 73.0 Å². The number of nitrogens with two attached hydrogens (primary N) is 1. The molecular formula is C24H32N10O2. The number of hydrogen-bond acceptors (Lipinski definition) is 9. The minimum absolute atomic E-state index is 0.0603. The van der Waals surface area contributed by atoms with E-state index < -0.39 is 5.91 Å². The van der Waals surface area contributed by atoms with Crippen LogP contribution in [0.5, 0.6) is 0 Å². The van der Waals surface area contributed by atoms with Gasteiger partial charge in [-0.05, 0) is 44.7 Å². The highest BCUT2D eigenvalue weighted by molar-refractivity contribution is 5.96. The molecule has 2 atom stereocenters. The van der Waals surface area contributed by atoms with Gasteiger partial charge in [-0.3, -0.25) is 19.3 Å². The molecule has 0 saturated carbocycles. The highest BCUT2D eigenvalue weighted by Crippen LogP contribution is 2.25. The molecule has 12 nitrogen and oxygen atoms in total. The van der Waals surface area contributed by atoms with E-state index >= 15 is 0 Å². The van der Waals surface area contributed by atoms with E-state index in [0.29, 0.717) is 36.2 Å². The Hall–Kier alpha value is -4.09. The van der Waals surface area contributed by atoms with Crippen LogP contribution in [0.2, 0.25) is 0 Å². The smallest absolute Gasteiger partial charge is 0.273 e. The van der Waals surface area contributed by atoms with Crippen molar-refractivity contribution in [3.63, 3.8) is 0 Å². The number of aromatic nitrogens is 6. The van der Waals surface area contributed by atoms with E-state index in [2.05, 4.69) is 49.7 Å². The SMILES string of the molecule is CCn1cc(Nc2nc(N3CCC[C@@H](NC(=O)c4ccc(C(C)C)nc4)[C@H]3C)nnc2C(N)=O)cn1. The summed E-state index contributed by atoms with van der Waals surface area (Å²) in [5.41, 5.74) is 7.56. The summed E-state index contributed by atoms with van der Waals surface area (Å²) in [7, 11) is 0. The van der Waals surface area contributed by atoms with Crippen molar-refractivity contribution in [1.82, 2.24) is 35.3 Å². The van der Waals surface area contributed by atoms with Crippen molar-refractivity contribution < 1.29 is 9.59 Å². The molecule has 0 aromatic carbocycles. The average Bonchev–Trinajstić information content (AvgIpc) is 3.32. The average molecular weight is 493 g/mol. The molecule has 1 aliphatic rings. The zero-order valence-corrected chi connectivity index (χ0v) is 21.0. The summed E-state index contributed by atoms with van der Waals surface area (Å²) in [5, 5.41) is 18.7. The molecule has 4 rings (SSSR count). The maximum absolute atomic E-state index is 12.9. The lowest BCUT2D eigenvalue weighted by molar-refractivity contribution is 0.0922. The fourth-order valence-electron chi connectivity index (χ4n) is 4.18. The van der Waals surface area contributed by atoms with Gasteiger partial charge in [0.15, 0.2) is 11.5 Å². The number of piperidine rings is 1. The first-order valence-electron chi connectivity index (χ1n) is 12.1. The fraction of sp³-hybridized carbons (Fsp3) is 0.458. The van der Waals surface area contributed by atoms with Crippen molar-refractivity contribution in [1.29, 1.82) is 0 Å². The molecule has 12 heteroatoms. The van der Waals surface area contributed by atoms with E-state index in [1.165, 1.54) is 0 Å². The van der Waals surface area contributed by atoms with Crippen molar-refractivity contribution in [2.45, 2.75) is 65.1 Å². The van der Waals surface area contributed by atoms with Crippen LogP contribution in [0.25, 0.3) is 0 Å². The Labute approximate surface area is 209 Å². The third kappa shape index (κ3) is 5.42. The van der Waals surface area contributed by atoms with Crippen LogP contribution in [0.4, 0.5) is 17.5 Å². The molecule has 36 heavy (non-hydrogen) atoms. The standard InChI is InChI=1S/C24H32N10O2/c1-5-33-13-17(12-27-33)28-22-20(21(25)35)31-32-24(30-22)34-10-6-7-19(15(34)4)29-23(36)16-8-9-18(14(2)3)26-11-16/h8-9,11-15,19H,5-7,10H2,1-4H3,(H2,25,35)(H,29,36)(H,28,30,32)/t15-,19-/m1/s1. The molecule has 4 N–H and O–H groups in total. The molecule has 0 unspecified atom stereocenters. The lowest BCUT2D eigenvalue weighted by Crippen LogP contribution is -2.54. The molecule has 3 aromatic heterocycles. The van der Waals surface area contributed by atoms with E-state index in [4.69, 9.17) is 5.73 Å². The number of rotatable bonds is 8. The summed E-state index contributed by atoms with van der Waals surface area (Å²) >= 11 is 0. The number of carbonyl (C=O) groups excluding carboxylic acids is 2. The monoisotopic (exact) mass is 492 g/mol. The minimum atomic E-state index is -0.735. The summed E-state index contributed by atoms with van der Waals surface area (Å²) in [6, 6.07) is 3.45. The number of pyridine rings is 1. The van der Waals surface area contributed by atoms with E-state index in [1.54, 1.807) is 29.3 Å². The third-order valence-corrected chi connectivity index (χ3v) is 6.33. The number of nitrogens with zero attached hydrogens (tertiary/aromatic N) is 7. The summed E-state index contributed by atoms with van der Waals surface area (Å²) < 4.78 is 1.74. The normalized spacial score (nSPS) is 17.8. The molecule has 0 bridgehead atoms. The second kappa shape index (κ2) is 10.7. The van der Waals surface area contributed by atoms with Gasteiger partial charge in [0.2, 0.25) is 5.95 Å². The van der Waals surface area contributed by atoms with Crippen molar-refractivity contribution >= 4 is 29.3 Å². The van der Waals surface area contributed by atoms with Crippen molar-refractivity contribution in [2.24, 2.45) is 5.73 Å². The van der Waals surface area contributed by atoms with Crippen LogP contribution in [-0.2, 0) is 6.54 Å². The van der Waals surface area contributed by atoms with Crippen molar-refractivity contribution in [2.75, 3.05) is 16.8 Å². The maximum Gasteiger partial charge on any atom is 0.273 e. The second-order valence-electron chi connectivity index (χ2n) is 9.17. The van der Waals surface area contributed by atoms with E-state index in [9.17, 15) is 9.59 Å². The molecule has 1 fully saturated rings. The third-order valence-electron chi connectivity index (χ3n) is 6.33. The van der Waals surface area contributed by atoms with E-state index in [0.717, 1.165) is 18.5 Å². The highest BCUT2D eigenvalue weighted by Gasteiger charge is 2.32. The van der Waals surface area contributed by atoms with Crippen LogP contribution < -0.4 is 21.3 Å². The van der Waals surface area contributed by atoms with Gasteiger partial charge in [0.25, 0.3) is 11.8 Å². The Morgan fingerprint density at radius 2 is 2.03 bits per heavy atom. The maximum atomic E-state index is 12.9. The second-order valence-corrected chi connectivity index (χ2v) is 9.17. The van der Waals surface area contributed by atoms with Crippen LogP contribution in [-0.4, -0.2) is 60.4 Å². The predicted octanol–water partition coefficient (Wildman–Crippen LogP) is 2.24. The van der Waals surface area contributed by atoms with Crippen molar-refractivity contribution in [3.05, 3.63) is 47.7 Å². The lowest BCUT2D eigenvalue weighted by atomic mass is 9.97. The molecular weight excluding hydrogens is 460 g/mol. The van der Waals surface area contributed by atoms with Gasteiger partial charge in [0, 0.05) is 43.3 Å². The molecule has 3 aromatic rings. The van der Waals surface area contributed by atoms with E-state index in [-0.39, 0.29) is 29.5 Å². The quantitative estimate of drug-likeness (QED) is 0.429. The fourth-order valence-corrected chi connectivity index (χ4v) is 4.18. The molecule has 0 spiro atoms. The Morgan fingerprint density at radius 3 is 2.67 bits per heavy atom. The summed E-state index contributed by atoms with van der Waals surface area (Å²) in [6.07, 6.45) is 6.68. The van der Waals surface area contributed by atoms with Crippen LogP contribution in [0.15, 0.2) is 30.7 Å². The van der Waals surface area contributed by atoms with E-state index in [1.807, 2.05) is 24.8 Å². The molecule has 0 radical (unpaired) electrons. The van der Waals surface area contributed by atoms with Gasteiger partial charge >= 0.3 is 0 Å². The number of amides is 2. The van der Waals surface area contributed by atoms with Gasteiger partial charge in [-0.15, -0.1) is 10.2 Å². The van der Waals surface area contributed by atoms with Gasteiger partial charge in [0.05, 0.1) is 17.4 Å². The largest absolute Gasteiger partial charge is 0.364 e. The summed E-state index contributed by atoms with van der Waals surface area (Å²) in [4.78, 5) is 35.8. The Morgan fingerprint density at radius 1 is 1.22 bits per heavy atom. The summed E-state index contributed by atoms with van der Waals surface area (Å²) in [6.45, 7) is 9.49. The Balaban J connectivity index is 1.52. The van der Waals surface area contributed by atoms with Gasteiger partial charge in [0.1, 0.15) is 0 Å². The Kier molecular flexibility index (Phi) is 7.41. The van der Waals surface area contributed by atoms with Gasteiger partial charge < -0.3 is 21.3 Å². The first-order valence-corrected chi connectivity index (χ1v) is 12.1. The Bertz CT molecular complexity index is 1220. The molecule has 1 aliphatic heterocycles. The van der Waals surface area contributed by atoms with Crippen LogP contribution in [0.3, 0.4) is 0 Å². The number of nitrogens with one attached hydrogen (secondary N) is 2. The van der Waals surface area contributed by atoms with Gasteiger partial charge in [-0.1, -0.05) is 13.8 Å². The number of anilines is 3. The predicted molar refractivity (Wildman–Crippen MR) is 135 cm³/mol. The van der Waals surface area contributed by atoms with Gasteiger partial charge in [-0.2, -0.15) is 10.1 Å². The van der Waals surface area contributed by atoms with Crippen LogP contribution >= 0.6 is 0 Å². The first-order chi connectivity index (χ1) is 17.3. The minimum Gasteiger partial charge on any atom is -0.364 e. The lowest BCUT2D eigenvalue weighted by Gasteiger charge is -2.39. The molecule has 2 amide bonds. The number of aryl methyl sites for hydroxylation is 1. The topological polar surface area (TPSA) is 157 Å². The van der Waals surface area contributed by atoms with Crippen LogP contribution in [0, 0.1) is 0 Å². The van der Waals surface area contributed by atoms with Gasteiger partial charge in [-0.25, -0.2) is 0 Å². The molecule has 0 aliphatic carbocycles. The zero-order chi connectivity index (χ0) is 25.8. The highest BCUT2D eigenvalue weighted by atomic mass is 16.2. The molecule has 1 saturated heterocycles. The molecule has 190 valence electrons. The number of primary amides is 1. The number of hydrogen-bond donors (Lipinski definition) is 3. The number of carbonyl (C=O) groups is 2. The zero-order valence-electron chi connectivity index (χ0n) is 21.0. The molecule has 4 heterocycles. The summed E-state index contributed by atoms with van der Waals surface area (Å²) in [5.74, 6) is -0.0563. The first kappa shape index (κ1) is 25.0.